The zero-order chi connectivity index (χ0) is 13.5. The predicted octanol–water partition coefficient (Wildman–Crippen LogP) is 2.51. The maximum Gasteiger partial charge on any atom is 0.0618 e. The lowest BCUT2D eigenvalue weighted by molar-refractivity contribution is 0.0139. The quantitative estimate of drug-likeness (QED) is 0.757. The fourth-order valence-electron chi connectivity index (χ4n) is 3.08. The van der Waals surface area contributed by atoms with Crippen molar-refractivity contribution in [3.05, 3.63) is 0 Å². The Labute approximate surface area is 113 Å². The first-order valence-electron chi connectivity index (χ1n) is 7.62. The van der Waals surface area contributed by atoms with Crippen molar-refractivity contribution in [3.63, 3.8) is 0 Å². The predicted molar refractivity (Wildman–Crippen MR) is 78.0 cm³/mol. The van der Waals surface area contributed by atoms with Crippen LogP contribution in [-0.2, 0) is 4.74 Å². The third-order valence-electron chi connectivity index (χ3n) is 4.18. The summed E-state index contributed by atoms with van der Waals surface area (Å²) < 4.78 is 5.41. The van der Waals surface area contributed by atoms with Crippen LogP contribution in [0.1, 0.15) is 47.0 Å². The molecule has 0 aromatic carbocycles. The van der Waals surface area contributed by atoms with Gasteiger partial charge in [0.05, 0.1) is 6.61 Å². The van der Waals surface area contributed by atoms with Crippen molar-refractivity contribution in [2.75, 3.05) is 26.8 Å². The minimum absolute atomic E-state index is 0.573. The summed E-state index contributed by atoms with van der Waals surface area (Å²) in [5.74, 6) is 0.700. The molecule has 1 aliphatic heterocycles. The van der Waals surface area contributed by atoms with Gasteiger partial charge in [0.15, 0.2) is 0 Å². The molecule has 0 radical (unpaired) electrons. The summed E-state index contributed by atoms with van der Waals surface area (Å²) in [6.07, 6.45) is 3.72. The van der Waals surface area contributed by atoms with Gasteiger partial charge in [-0.2, -0.15) is 0 Å². The van der Waals surface area contributed by atoms with Crippen molar-refractivity contribution in [3.8, 4) is 0 Å². The highest BCUT2D eigenvalue weighted by Crippen LogP contribution is 2.21. The Hall–Kier alpha value is -0.120. The van der Waals surface area contributed by atoms with Crippen molar-refractivity contribution in [2.24, 2.45) is 5.92 Å². The summed E-state index contributed by atoms with van der Waals surface area (Å²) in [6, 6.07) is 1.89. The summed E-state index contributed by atoms with van der Waals surface area (Å²) in [7, 11) is 1.82. The highest BCUT2D eigenvalue weighted by atomic mass is 16.5. The van der Waals surface area contributed by atoms with Crippen LogP contribution in [0.2, 0.25) is 0 Å². The highest BCUT2D eigenvalue weighted by molar-refractivity contribution is 4.90. The fourth-order valence-corrected chi connectivity index (χ4v) is 3.08. The van der Waals surface area contributed by atoms with Crippen LogP contribution in [0.15, 0.2) is 0 Å². The van der Waals surface area contributed by atoms with E-state index < -0.39 is 0 Å². The molecule has 0 spiro atoms. The number of hydrogen-bond donors (Lipinski definition) is 1. The number of ether oxygens (including phenoxy) is 1. The summed E-state index contributed by atoms with van der Waals surface area (Å²) in [5.41, 5.74) is 0. The Morgan fingerprint density at radius 2 is 2.06 bits per heavy atom. The molecule has 0 aromatic rings. The summed E-state index contributed by atoms with van der Waals surface area (Å²) in [5, 5.41) is 3.72. The number of hydrogen-bond acceptors (Lipinski definition) is 3. The minimum Gasteiger partial charge on any atom is -0.383 e. The van der Waals surface area contributed by atoms with Crippen LogP contribution < -0.4 is 5.32 Å². The van der Waals surface area contributed by atoms with E-state index in [-0.39, 0.29) is 0 Å². The van der Waals surface area contributed by atoms with Crippen molar-refractivity contribution in [1.29, 1.82) is 0 Å². The molecule has 1 fully saturated rings. The molecule has 0 bridgehead atoms. The molecule has 108 valence electrons. The average molecular weight is 256 g/mol. The topological polar surface area (TPSA) is 24.5 Å². The van der Waals surface area contributed by atoms with E-state index >= 15 is 0 Å². The molecule has 0 amide bonds. The van der Waals surface area contributed by atoms with E-state index in [0.29, 0.717) is 24.0 Å². The van der Waals surface area contributed by atoms with Crippen molar-refractivity contribution < 1.29 is 4.74 Å². The van der Waals surface area contributed by atoms with E-state index in [4.69, 9.17) is 4.74 Å². The van der Waals surface area contributed by atoms with Crippen LogP contribution in [0.3, 0.4) is 0 Å². The lowest BCUT2D eigenvalue weighted by atomic mass is 9.94. The fraction of sp³-hybridized carbons (Fsp3) is 1.00. The summed E-state index contributed by atoms with van der Waals surface area (Å²) in [6.45, 7) is 12.4. The molecule has 1 rings (SSSR count). The van der Waals surface area contributed by atoms with E-state index in [1.807, 2.05) is 7.11 Å². The summed E-state index contributed by atoms with van der Waals surface area (Å²) >= 11 is 0. The molecule has 3 heteroatoms. The molecule has 0 aliphatic carbocycles. The molecule has 0 saturated carbocycles. The first-order chi connectivity index (χ1) is 8.63. The molecule has 1 N–H and O–H groups in total. The molecular weight excluding hydrogens is 224 g/mol. The second-order valence-corrected chi connectivity index (χ2v) is 5.92. The minimum atomic E-state index is 0.573. The van der Waals surface area contributed by atoms with Gasteiger partial charge in [-0.3, -0.25) is 4.90 Å². The molecule has 1 aliphatic rings. The molecule has 0 aromatic heterocycles. The lowest BCUT2D eigenvalue weighted by Gasteiger charge is -2.46. The molecule has 18 heavy (non-hydrogen) atoms. The van der Waals surface area contributed by atoms with Gasteiger partial charge >= 0.3 is 0 Å². The van der Waals surface area contributed by atoms with Crippen LogP contribution in [0.25, 0.3) is 0 Å². The third kappa shape index (κ3) is 4.22. The van der Waals surface area contributed by atoms with Gasteiger partial charge in [0.2, 0.25) is 0 Å². The zero-order valence-electron chi connectivity index (χ0n) is 12.9. The Morgan fingerprint density at radius 1 is 1.33 bits per heavy atom. The Bertz CT molecular complexity index is 221. The van der Waals surface area contributed by atoms with E-state index in [1.54, 1.807) is 0 Å². The van der Waals surface area contributed by atoms with Crippen LogP contribution in [0, 0.1) is 5.92 Å². The summed E-state index contributed by atoms with van der Waals surface area (Å²) in [4.78, 5) is 2.70. The number of methoxy groups -OCH3 is 1. The van der Waals surface area contributed by atoms with Gasteiger partial charge in [0, 0.05) is 38.3 Å². The maximum atomic E-state index is 5.41. The zero-order valence-corrected chi connectivity index (χ0v) is 12.9. The molecule has 3 unspecified atom stereocenters. The van der Waals surface area contributed by atoms with E-state index in [2.05, 4.69) is 37.9 Å². The maximum absolute atomic E-state index is 5.41. The van der Waals surface area contributed by atoms with Gasteiger partial charge in [0.1, 0.15) is 0 Å². The smallest absolute Gasteiger partial charge is 0.0618 e. The second kappa shape index (κ2) is 8.13. The van der Waals surface area contributed by atoms with Crippen molar-refractivity contribution in [2.45, 2.75) is 65.1 Å². The second-order valence-electron chi connectivity index (χ2n) is 5.92. The van der Waals surface area contributed by atoms with E-state index in [0.717, 1.165) is 13.2 Å². The molecular formula is C15H32N2O. The molecule has 1 saturated heterocycles. The number of rotatable bonds is 7. The standard InChI is InChI=1S/C15H32N2O/c1-6-8-13-10-17(14(7-2)11-18-5)15(9-16-13)12(3)4/h12-16H,6-11H2,1-5H3. The van der Waals surface area contributed by atoms with Crippen LogP contribution in [0.5, 0.6) is 0 Å². The van der Waals surface area contributed by atoms with E-state index in [9.17, 15) is 0 Å². The van der Waals surface area contributed by atoms with Gasteiger partial charge in [-0.15, -0.1) is 0 Å². The van der Waals surface area contributed by atoms with Crippen LogP contribution in [-0.4, -0.2) is 49.8 Å². The van der Waals surface area contributed by atoms with Crippen molar-refractivity contribution in [1.82, 2.24) is 10.2 Å². The SMILES string of the molecule is CCCC1CN(C(CC)COC)C(C(C)C)CN1. The molecule has 1 heterocycles. The number of nitrogens with zero attached hydrogens (tertiary/aromatic N) is 1. The highest BCUT2D eigenvalue weighted by Gasteiger charge is 2.33. The van der Waals surface area contributed by atoms with Crippen molar-refractivity contribution >= 4 is 0 Å². The van der Waals surface area contributed by atoms with Gasteiger partial charge in [0.25, 0.3) is 0 Å². The number of piperazine rings is 1. The van der Waals surface area contributed by atoms with Gasteiger partial charge < -0.3 is 10.1 Å². The number of nitrogens with one attached hydrogen (secondary N) is 1. The molecule has 3 nitrogen and oxygen atoms in total. The monoisotopic (exact) mass is 256 g/mol. The first-order valence-corrected chi connectivity index (χ1v) is 7.62. The van der Waals surface area contributed by atoms with Crippen LogP contribution in [0.4, 0.5) is 0 Å². The lowest BCUT2D eigenvalue weighted by Crippen LogP contribution is -2.61. The molecule has 3 atom stereocenters. The Kier molecular flexibility index (Phi) is 7.20. The largest absolute Gasteiger partial charge is 0.383 e. The van der Waals surface area contributed by atoms with Gasteiger partial charge in [-0.25, -0.2) is 0 Å². The first kappa shape index (κ1) is 15.9. The van der Waals surface area contributed by atoms with Crippen LogP contribution >= 0.6 is 0 Å². The Morgan fingerprint density at radius 3 is 2.56 bits per heavy atom. The average Bonchev–Trinajstić information content (AvgIpc) is 2.36. The Balaban J connectivity index is 2.69. The van der Waals surface area contributed by atoms with Gasteiger partial charge in [-0.05, 0) is 18.8 Å². The van der Waals surface area contributed by atoms with Gasteiger partial charge in [-0.1, -0.05) is 34.1 Å². The third-order valence-corrected chi connectivity index (χ3v) is 4.18. The van der Waals surface area contributed by atoms with E-state index in [1.165, 1.54) is 25.8 Å². The normalized spacial score (nSPS) is 27.7.